The number of pyridine rings is 1. The molecule has 1 aromatic heterocycles. The molecule has 0 unspecified atom stereocenters. The van der Waals surface area contributed by atoms with Crippen molar-refractivity contribution in [2.45, 2.75) is 13.0 Å². The molecule has 0 saturated carbocycles. The fourth-order valence-corrected chi connectivity index (χ4v) is 1.08. The molecule has 6 heteroatoms. The van der Waals surface area contributed by atoms with Crippen molar-refractivity contribution in [3.8, 4) is 0 Å². The number of anilines is 1. The second-order valence-corrected chi connectivity index (χ2v) is 2.76. The molecule has 0 aliphatic carbocycles. The van der Waals surface area contributed by atoms with E-state index in [-0.39, 0.29) is 16.4 Å². The van der Waals surface area contributed by atoms with E-state index in [1.54, 1.807) is 0 Å². The quantitative estimate of drug-likeness (QED) is 0.779. The first-order valence-electron chi connectivity index (χ1n) is 3.40. The summed E-state index contributed by atoms with van der Waals surface area (Å²) >= 11 is 5.45. The zero-order valence-corrected chi connectivity index (χ0v) is 7.22. The first-order chi connectivity index (χ1) is 6.06. The zero-order valence-electron chi connectivity index (χ0n) is 6.47. The highest BCUT2D eigenvalue weighted by atomic mass is 35.5. The number of aliphatic hydroxyl groups excluding tert-OH is 1. The Labute approximate surface area is 78.1 Å². The van der Waals surface area contributed by atoms with Gasteiger partial charge in [-0.15, -0.1) is 0 Å². The van der Waals surface area contributed by atoms with Gasteiger partial charge < -0.3 is 10.8 Å². The van der Waals surface area contributed by atoms with E-state index in [1.807, 2.05) is 0 Å². The maximum atomic E-state index is 12.2. The smallest absolute Gasteiger partial charge is 0.281 e. The summed E-state index contributed by atoms with van der Waals surface area (Å²) in [7, 11) is 0. The van der Waals surface area contributed by atoms with Gasteiger partial charge in [0.2, 0.25) is 0 Å². The molecular weight excluding hydrogens is 202 g/mol. The molecular formula is C7H7ClF2N2O. The molecule has 3 nitrogen and oxygen atoms in total. The van der Waals surface area contributed by atoms with Gasteiger partial charge in [0.25, 0.3) is 6.43 Å². The van der Waals surface area contributed by atoms with Crippen molar-refractivity contribution in [2.75, 3.05) is 5.73 Å². The first-order valence-corrected chi connectivity index (χ1v) is 3.78. The SMILES string of the molecule is Nc1cc(Cl)c(C(F)F)nc1CO. The van der Waals surface area contributed by atoms with Gasteiger partial charge in [0.15, 0.2) is 0 Å². The van der Waals surface area contributed by atoms with Crippen molar-refractivity contribution in [1.82, 2.24) is 4.98 Å². The monoisotopic (exact) mass is 208 g/mol. The summed E-state index contributed by atoms with van der Waals surface area (Å²) in [6.07, 6.45) is -2.77. The third-order valence-corrected chi connectivity index (χ3v) is 1.77. The van der Waals surface area contributed by atoms with E-state index in [1.165, 1.54) is 0 Å². The fourth-order valence-electron chi connectivity index (χ4n) is 0.837. The second-order valence-electron chi connectivity index (χ2n) is 2.35. The van der Waals surface area contributed by atoms with Gasteiger partial charge in [-0.25, -0.2) is 13.8 Å². The van der Waals surface area contributed by atoms with Crippen molar-refractivity contribution in [2.24, 2.45) is 0 Å². The molecule has 72 valence electrons. The number of nitrogens with two attached hydrogens (primary N) is 1. The van der Waals surface area contributed by atoms with Crippen LogP contribution < -0.4 is 5.73 Å². The van der Waals surface area contributed by atoms with E-state index in [0.717, 1.165) is 6.07 Å². The average Bonchev–Trinajstić information content (AvgIpc) is 2.03. The highest BCUT2D eigenvalue weighted by molar-refractivity contribution is 6.31. The van der Waals surface area contributed by atoms with Crippen molar-refractivity contribution in [3.05, 3.63) is 22.5 Å². The van der Waals surface area contributed by atoms with E-state index in [0.29, 0.717) is 0 Å². The van der Waals surface area contributed by atoms with Crippen molar-refractivity contribution in [1.29, 1.82) is 0 Å². The number of aliphatic hydroxyl groups is 1. The van der Waals surface area contributed by atoms with Gasteiger partial charge in [-0.1, -0.05) is 11.6 Å². The summed E-state index contributed by atoms with van der Waals surface area (Å²) in [6, 6.07) is 1.15. The van der Waals surface area contributed by atoms with Crippen molar-refractivity contribution in [3.63, 3.8) is 0 Å². The lowest BCUT2D eigenvalue weighted by Gasteiger charge is -2.06. The largest absolute Gasteiger partial charge is 0.397 e. The highest BCUT2D eigenvalue weighted by Gasteiger charge is 2.16. The molecule has 0 aromatic carbocycles. The Bertz CT molecular complexity index is 320. The van der Waals surface area contributed by atoms with Gasteiger partial charge in [-0.2, -0.15) is 0 Å². The molecule has 0 amide bonds. The third kappa shape index (κ3) is 2.05. The molecule has 3 N–H and O–H groups in total. The minimum absolute atomic E-state index is 0.0136. The predicted octanol–water partition coefficient (Wildman–Crippen LogP) is 1.75. The molecule has 0 aliphatic heterocycles. The van der Waals surface area contributed by atoms with Crippen LogP contribution in [-0.2, 0) is 6.61 Å². The van der Waals surface area contributed by atoms with Gasteiger partial charge in [0.05, 0.1) is 23.0 Å². The summed E-state index contributed by atoms with van der Waals surface area (Å²) in [5, 5.41) is 8.49. The normalized spacial score (nSPS) is 10.8. The van der Waals surface area contributed by atoms with Crippen LogP contribution in [0, 0.1) is 0 Å². The molecule has 13 heavy (non-hydrogen) atoms. The highest BCUT2D eigenvalue weighted by Crippen LogP contribution is 2.27. The molecule has 0 saturated heterocycles. The number of hydrogen-bond acceptors (Lipinski definition) is 3. The van der Waals surface area contributed by atoms with Crippen LogP contribution in [0.25, 0.3) is 0 Å². The molecule has 0 bridgehead atoms. The molecule has 0 radical (unpaired) electrons. The van der Waals surface area contributed by atoms with E-state index in [9.17, 15) is 8.78 Å². The fraction of sp³-hybridized carbons (Fsp3) is 0.286. The average molecular weight is 209 g/mol. The number of halogens is 3. The lowest BCUT2D eigenvalue weighted by atomic mass is 10.2. The van der Waals surface area contributed by atoms with Gasteiger partial charge in [0.1, 0.15) is 5.69 Å². The first kappa shape index (κ1) is 10.1. The Kier molecular flexibility index (Phi) is 3.00. The van der Waals surface area contributed by atoms with Gasteiger partial charge in [0, 0.05) is 0 Å². The standard InChI is InChI=1S/C7H7ClF2N2O/c8-3-1-4(11)5(2-13)12-6(3)7(9)10/h1,7,13H,2,11H2. The van der Waals surface area contributed by atoms with Gasteiger partial charge in [-0.05, 0) is 6.07 Å². The molecule has 1 heterocycles. The lowest BCUT2D eigenvalue weighted by molar-refractivity contribution is 0.145. The van der Waals surface area contributed by atoms with Crippen LogP contribution in [0.15, 0.2) is 6.07 Å². The Morgan fingerprint density at radius 3 is 2.69 bits per heavy atom. The topological polar surface area (TPSA) is 59.1 Å². The zero-order chi connectivity index (χ0) is 10.0. The number of alkyl halides is 2. The Morgan fingerprint density at radius 2 is 2.23 bits per heavy atom. The summed E-state index contributed by atoms with van der Waals surface area (Å²) in [4.78, 5) is 3.43. The lowest BCUT2D eigenvalue weighted by Crippen LogP contribution is -2.02. The summed E-state index contributed by atoms with van der Waals surface area (Å²) in [5.41, 5.74) is 4.92. The van der Waals surface area contributed by atoms with Gasteiger partial charge in [-0.3, -0.25) is 0 Å². The molecule has 0 fully saturated rings. The number of hydrogen-bond donors (Lipinski definition) is 2. The van der Waals surface area contributed by atoms with E-state index in [2.05, 4.69) is 4.98 Å². The van der Waals surface area contributed by atoms with Crippen LogP contribution in [0.4, 0.5) is 14.5 Å². The minimum Gasteiger partial charge on any atom is -0.397 e. The van der Waals surface area contributed by atoms with Gasteiger partial charge >= 0.3 is 0 Å². The Morgan fingerprint density at radius 1 is 1.62 bits per heavy atom. The number of nitrogens with zero attached hydrogens (tertiary/aromatic N) is 1. The van der Waals surface area contributed by atoms with Crippen LogP contribution >= 0.6 is 11.6 Å². The number of aromatic nitrogens is 1. The van der Waals surface area contributed by atoms with Crippen molar-refractivity contribution < 1.29 is 13.9 Å². The minimum atomic E-state index is -2.77. The number of nitrogen functional groups attached to an aromatic ring is 1. The summed E-state index contributed by atoms with van der Waals surface area (Å²) in [5.74, 6) is 0. The summed E-state index contributed by atoms with van der Waals surface area (Å²) < 4.78 is 24.4. The van der Waals surface area contributed by atoms with Crippen molar-refractivity contribution >= 4 is 17.3 Å². The maximum absolute atomic E-state index is 12.2. The number of rotatable bonds is 2. The maximum Gasteiger partial charge on any atom is 0.281 e. The second kappa shape index (κ2) is 3.85. The van der Waals surface area contributed by atoms with E-state index < -0.39 is 18.7 Å². The van der Waals surface area contributed by atoms with Crippen LogP contribution in [0.1, 0.15) is 17.8 Å². The molecule has 1 rings (SSSR count). The third-order valence-electron chi connectivity index (χ3n) is 1.47. The summed E-state index contributed by atoms with van der Waals surface area (Å²) in [6.45, 7) is -0.483. The molecule has 1 aromatic rings. The molecule has 0 aliphatic rings. The predicted molar refractivity (Wildman–Crippen MR) is 44.5 cm³/mol. The Balaban J connectivity index is 3.22. The van der Waals surface area contributed by atoms with E-state index in [4.69, 9.17) is 22.4 Å². The van der Waals surface area contributed by atoms with Crippen LogP contribution in [0.5, 0.6) is 0 Å². The Hall–Kier alpha value is -0.940. The molecule has 0 spiro atoms. The van der Waals surface area contributed by atoms with E-state index >= 15 is 0 Å². The van der Waals surface area contributed by atoms with Crippen LogP contribution in [0.3, 0.4) is 0 Å². The molecule has 0 atom stereocenters. The van der Waals surface area contributed by atoms with Crippen LogP contribution in [0.2, 0.25) is 5.02 Å². The van der Waals surface area contributed by atoms with Crippen LogP contribution in [-0.4, -0.2) is 10.1 Å².